The van der Waals surface area contributed by atoms with Gasteiger partial charge in [0.1, 0.15) is 23.5 Å². The zero-order valence-corrected chi connectivity index (χ0v) is 13.4. The first-order chi connectivity index (χ1) is 11.1. The van der Waals surface area contributed by atoms with Crippen LogP contribution in [0, 0.1) is 11.7 Å². The Morgan fingerprint density at radius 2 is 2.22 bits per heavy atom. The van der Waals surface area contributed by atoms with Gasteiger partial charge in [-0.05, 0) is 25.0 Å². The first kappa shape index (κ1) is 15.6. The zero-order chi connectivity index (χ0) is 16.4. The quantitative estimate of drug-likeness (QED) is 0.945. The fourth-order valence-corrected chi connectivity index (χ4v) is 2.94. The van der Waals surface area contributed by atoms with Gasteiger partial charge >= 0.3 is 0 Å². The monoisotopic (exact) mass is 316 g/mol. The summed E-state index contributed by atoms with van der Waals surface area (Å²) in [6.45, 7) is 5.30. The zero-order valence-electron chi connectivity index (χ0n) is 13.4. The Bertz CT molecular complexity index is 719. The van der Waals surface area contributed by atoms with Crippen molar-refractivity contribution in [3.63, 3.8) is 0 Å². The normalized spacial score (nSPS) is 18.4. The predicted octanol–water partition coefficient (Wildman–Crippen LogP) is 2.51. The summed E-state index contributed by atoms with van der Waals surface area (Å²) in [6.07, 6.45) is 3.31. The molecule has 1 fully saturated rings. The van der Waals surface area contributed by atoms with Crippen LogP contribution < -0.4 is 10.2 Å². The van der Waals surface area contributed by atoms with E-state index in [0.717, 1.165) is 25.2 Å². The van der Waals surface area contributed by atoms with E-state index in [4.69, 9.17) is 0 Å². The number of amides is 1. The lowest BCUT2D eigenvalue weighted by Gasteiger charge is -2.34. The number of hydrogen-bond donors (Lipinski definition) is 1. The number of benzene rings is 1. The molecule has 0 saturated carbocycles. The van der Waals surface area contributed by atoms with Gasteiger partial charge in [0.15, 0.2) is 0 Å². The maximum atomic E-state index is 13.9. The molecular formula is C17H21FN4O. The number of nitrogens with one attached hydrogen (secondary N) is 1. The number of halogens is 1. The molecule has 1 N–H and O–H groups in total. The van der Waals surface area contributed by atoms with Gasteiger partial charge in [-0.2, -0.15) is 0 Å². The number of piperidine rings is 1. The molecule has 2 aromatic rings. The summed E-state index contributed by atoms with van der Waals surface area (Å²) in [7, 11) is 0. The van der Waals surface area contributed by atoms with Crippen LogP contribution in [0.5, 0.6) is 0 Å². The maximum Gasteiger partial charge on any atom is 0.222 e. The lowest BCUT2D eigenvalue weighted by atomic mass is 10.0. The highest BCUT2D eigenvalue weighted by Crippen LogP contribution is 2.26. The average molecular weight is 316 g/mol. The van der Waals surface area contributed by atoms with Crippen molar-refractivity contribution in [2.24, 2.45) is 5.92 Å². The molecule has 1 amide bonds. The van der Waals surface area contributed by atoms with Crippen LogP contribution in [0.4, 0.5) is 10.2 Å². The van der Waals surface area contributed by atoms with Crippen molar-refractivity contribution < 1.29 is 9.18 Å². The Morgan fingerprint density at radius 3 is 3.00 bits per heavy atom. The highest BCUT2D eigenvalue weighted by atomic mass is 19.1. The molecule has 1 unspecified atom stereocenters. The largest absolute Gasteiger partial charge is 0.354 e. The Hall–Kier alpha value is -2.24. The molecule has 0 radical (unpaired) electrons. The highest BCUT2D eigenvalue weighted by Gasteiger charge is 2.24. The van der Waals surface area contributed by atoms with Crippen LogP contribution in [-0.2, 0) is 4.79 Å². The minimum atomic E-state index is -0.340. The molecule has 3 rings (SSSR count). The molecule has 1 aromatic carbocycles. The van der Waals surface area contributed by atoms with Gasteiger partial charge in [-0.15, -0.1) is 0 Å². The fourth-order valence-electron chi connectivity index (χ4n) is 2.94. The Balaban J connectivity index is 1.84. The average Bonchev–Trinajstić information content (AvgIpc) is 2.55. The number of aromatic nitrogens is 2. The molecule has 1 aliphatic rings. The topological polar surface area (TPSA) is 58.1 Å². The van der Waals surface area contributed by atoms with Crippen molar-refractivity contribution in [2.45, 2.75) is 32.7 Å². The van der Waals surface area contributed by atoms with Crippen LogP contribution >= 0.6 is 0 Å². The maximum absolute atomic E-state index is 13.9. The number of carbonyl (C=O) groups excluding carboxylic acids is 1. The van der Waals surface area contributed by atoms with Crippen molar-refractivity contribution in [1.29, 1.82) is 0 Å². The number of para-hydroxylation sites is 1. The van der Waals surface area contributed by atoms with Crippen molar-refractivity contribution >= 4 is 22.6 Å². The third-order valence-corrected chi connectivity index (χ3v) is 4.19. The van der Waals surface area contributed by atoms with Gasteiger partial charge in [0, 0.05) is 30.4 Å². The Morgan fingerprint density at radius 1 is 1.39 bits per heavy atom. The van der Waals surface area contributed by atoms with Gasteiger partial charge in [-0.3, -0.25) is 4.79 Å². The van der Waals surface area contributed by atoms with E-state index < -0.39 is 0 Å². The number of nitrogens with zero attached hydrogens (tertiary/aromatic N) is 3. The van der Waals surface area contributed by atoms with Gasteiger partial charge in [0.25, 0.3) is 0 Å². The first-order valence-corrected chi connectivity index (χ1v) is 8.01. The molecule has 2 heterocycles. The summed E-state index contributed by atoms with van der Waals surface area (Å²) < 4.78 is 13.9. The van der Waals surface area contributed by atoms with Crippen molar-refractivity contribution in [3.8, 4) is 0 Å². The minimum Gasteiger partial charge on any atom is -0.354 e. The second-order valence-corrected chi connectivity index (χ2v) is 6.28. The van der Waals surface area contributed by atoms with Crippen LogP contribution in [0.25, 0.3) is 10.9 Å². The molecule has 6 heteroatoms. The third kappa shape index (κ3) is 3.25. The van der Waals surface area contributed by atoms with Gasteiger partial charge in [0.05, 0.1) is 0 Å². The van der Waals surface area contributed by atoms with E-state index in [1.54, 1.807) is 6.07 Å². The van der Waals surface area contributed by atoms with Gasteiger partial charge in [-0.25, -0.2) is 14.4 Å². The van der Waals surface area contributed by atoms with Crippen molar-refractivity contribution in [1.82, 2.24) is 15.3 Å². The van der Waals surface area contributed by atoms with Crippen LogP contribution in [-0.4, -0.2) is 35.0 Å². The molecule has 5 nitrogen and oxygen atoms in total. The summed E-state index contributed by atoms with van der Waals surface area (Å²) in [4.78, 5) is 22.4. The summed E-state index contributed by atoms with van der Waals surface area (Å²) in [5.74, 6) is 0.431. The van der Waals surface area contributed by atoms with E-state index in [0.29, 0.717) is 17.4 Å². The van der Waals surface area contributed by atoms with Crippen LogP contribution in [0.1, 0.15) is 26.7 Å². The molecule has 0 bridgehead atoms. The van der Waals surface area contributed by atoms with E-state index in [1.807, 2.05) is 19.9 Å². The molecule has 1 aliphatic heterocycles. The second-order valence-electron chi connectivity index (χ2n) is 6.28. The number of rotatable bonds is 3. The van der Waals surface area contributed by atoms with Crippen LogP contribution in [0.15, 0.2) is 24.5 Å². The smallest absolute Gasteiger partial charge is 0.222 e. The Kier molecular flexibility index (Phi) is 4.41. The number of carbonyl (C=O) groups is 1. The van der Waals surface area contributed by atoms with Crippen molar-refractivity contribution in [3.05, 3.63) is 30.3 Å². The lowest BCUT2D eigenvalue weighted by Crippen LogP contribution is -2.49. The summed E-state index contributed by atoms with van der Waals surface area (Å²) in [6, 6.07) is 5.01. The first-order valence-electron chi connectivity index (χ1n) is 8.01. The van der Waals surface area contributed by atoms with Crippen LogP contribution in [0.2, 0.25) is 0 Å². The van der Waals surface area contributed by atoms with Gasteiger partial charge < -0.3 is 10.2 Å². The molecule has 1 saturated heterocycles. The lowest BCUT2D eigenvalue weighted by molar-refractivity contribution is -0.124. The van der Waals surface area contributed by atoms with E-state index in [9.17, 15) is 9.18 Å². The number of fused-ring (bicyclic) bond motifs is 1. The van der Waals surface area contributed by atoms with Gasteiger partial charge in [-0.1, -0.05) is 19.9 Å². The molecule has 0 aliphatic carbocycles. The second kappa shape index (κ2) is 6.48. The molecule has 1 aromatic heterocycles. The van der Waals surface area contributed by atoms with E-state index in [2.05, 4.69) is 20.2 Å². The molecule has 23 heavy (non-hydrogen) atoms. The fraction of sp³-hybridized carbons (Fsp3) is 0.471. The van der Waals surface area contributed by atoms with E-state index in [-0.39, 0.29) is 23.7 Å². The molecule has 0 spiro atoms. The predicted molar refractivity (Wildman–Crippen MR) is 87.7 cm³/mol. The summed E-state index contributed by atoms with van der Waals surface area (Å²) in [5, 5.41) is 3.79. The standard InChI is InChI=1S/C17H21FN4O/c1-11(2)17(23)21-12-5-4-8-22(9-12)16-13-6-3-7-14(18)15(13)19-10-20-16/h3,6-7,10-12H,4-5,8-9H2,1-2H3,(H,21,23). The minimum absolute atomic E-state index is 0.0284. The number of hydrogen-bond acceptors (Lipinski definition) is 4. The Labute approximate surface area is 134 Å². The third-order valence-electron chi connectivity index (χ3n) is 4.19. The van der Waals surface area contributed by atoms with Gasteiger partial charge in [0.2, 0.25) is 5.91 Å². The van der Waals surface area contributed by atoms with Crippen molar-refractivity contribution in [2.75, 3.05) is 18.0 Å². The highest BCUT2D eigenvalue weighted by molar-refractivity contribution is 5.89. The molecular weight excluding hydrogens is 295 g/mol. The van der Waals surface area contributed by atoms with E-state index >= 15 is 0 Å². The SMILES string of the molecule is CC(C)C(=O)NC1CCCN(c2ncnc3c(F)cccc23)C1. The summed E-state index contributed by atoms with van der Waals surface area (Å²) in [5.41, 5.74) is 0.339. The molecule has 1 atom stereocenters. The van der Waals surface area contributed by atoms with E-state index in [1.165, 1.54) is 12.4 Å². The summed E-state index contributed by atoms with van der Waals surface area (Å²) >= 11 is 0. The number of anilines is 1. The van der Waals surface area contributed by atoms with Crippen LogP contribution in [0.3, 0.4) is 0 Å². The molecule has 122 valence electrons.